The van der Waals surface area contributed by atoms with E-state index >= 15 is 0 Å². The largest absolute Gasteiger partial charge is 0.416 e. The van der Waals surface area contributed by atoms with Gasteiger partial charge < -0.3 is 4.79 Å². The summed E-state index contributed by atoms with van der Waals surface area (Å²) in [4.78, 5) is 10.7. The average Bonchev–Trinajstić information content (AvgIpc) is 2.17. The van der Waals surface area contributed by atoms with Crippen LogP contribution in [0.3, 0.4) is 0 Å². The molecule has 4 heteroatoms. The van der Waals surface area contributed by atoms with E-state index in [-0.39, 0.29) is 0 Å². The number of benzene rings is 1. The van der Waals surface area contributed by atoms with Gasteiger partial charge in [0, 0.05) is 5.41 Å². The van der Waals surface area contributed by atoms with Crippen molar-refractivity contribution in [2.75, 3.05) is 0 Å². The molecule has 15 heavy (non-hydrogen) atoms. The third-order valence-electron chi connectivity index (χ3n) is 2.23. The van der Waals surface area contributed by atoms with E-state index in [1.807, 2.05) is 0 Å². The Morgan fingerprint density at radius 1 is 1.13 bits per heavy atom. The molecular weight excluding hydrogens is 205 g/mol. The van der Waals surface area contributed by atoms with Crippen molar-refractivity contribution in [2.24, 2.45) is 0 Å². The summed E-state index contributed by atoms with van der Waals surface area (Å²) in [6, 6.07) is 4.83. The van der Waals surface area contributed by atoms with E-state index in [9.17, 15) is 18.0 Å². The standard InChI is InChI=1S/C11H11F3O/c1-10(2,7-15)8-4-3-5-9(6-8)11(12,13)14/h3-7H,1-2H3. The molecule has 1 nitrogen and oxygen atoms in total. The van der Waals surface area contributed by atoms with Crippen LogP contribution in [-0.4, -0.2) is 6.29 Å². The number of aldehydes is 1. The Hall–Kier alpha value is -1.32. The summed E-state index contributed by atoms with van der Waals surface area (Å²) in [6.07, 6.45) is -3.72. The van der Waals surface area contributed by atoms with Gasteiger partial charge in [-0.15, -0.1) is 0 Å². The first-order chi connectivity index (χ1) is 6.77. The third kappa shape index (κ3) is 2.58. The first-order valence-corrected chi connectivity index (χ1v) is 4.41. The number of halogens is 3. The monoisotopic (exact) mass is 216 g/mol. The van der Waals surface area contributed by atoms with Crippen molar-refractivity contribution in [3.8, 4) is 0 Å². The minimum atomic E-state index is -4.37. The first-order valence-electron chi connectivity index (χ1n) is 4.41. The van der Waals surface area contributed by atoms with Crippen LogP contribution in [0.4, 0.5) is 13.2 Å². The lowest BCUT2D eigenvalue weighted by Gasteiger charge is -2.18. The third-order valence-corrected chi connectivity index (χ3v) is 2.23. The van der Waals surface area contributed by atoms with Crippen molar-refractivity contribution in [2.45, 2.75) is 25.4 Å². The summed E-state index contributed by atoms with van der Waals surface area (Å²) in [5.41, 5.74) is -1.25. The Labute approximate surface area is 85.9 Å². The molecule has 0 spiro atoms. The zero-order valence-corrected chi connectivity index (χ0v) is 8.43. The van der Waals surface area contributed by atoms with Crippen molar-refractivity contribution in [1.29, 1.82) is 0 Å². The second-order valence-electron chi connectivity index (χ2n) is 3.92. The van der Waals surface area contributed by atoms with Gasteiger partial charge >= 0.3 is 6.18 Å². The van der Waals surface area contributed by atoms with Gasteiger partial charge in [0.05, 0.1) is 5.56 Å². The van der Waals surface area contributed by atoms with Crippen molar-refractivity contribution in [3.05, 3.63) is 35.4 Å². The van der Waals surface area contributed by atoms with Crippen LogP contribution in [-0.2, 0) is 16.4 Å². The smallest absolute Gasteiger partial charge is 0.302 e. The van der Waals surface area contributed by atoms with Gasteiger partial charge in [0.25, 0.3) is 0 Å². The van der Waals surface area contributed by atoms with Gasteiger partial charge in [-0.05, 0) is 25.5 Å². The average molecular weight is 216 g/mol. The van der Waals surface area contributed by atoms with Gasteiger partial charge in [-0.25, -0.2) is 0 Å². The summed E-state index contributed by atoms with van der Waals surface area (Å²) < 4.78 is 37.1. The van der Waals surface area contributed by atoms with Crippen LogP contribution in [0.5, 0.6) is 0 Å². The number of alkyl halides is 3. The van der Waals surface area contributed by atoms with Crippen molar-refractivity contribution >= 4 is 6.29 Å². The fourth-order valence-electron chi connectivity index (χ4n) is 1.16. The molecule has 0 saturated carbocycles. The highest BCUT2D eigenvalue weighted by Gasteiger charge is 2.31. The normalized spacial score (nSPS) is 12.6. The minimum Gasteiger partial charge on any atom is -0.302 e. The molecule has 1 aromatic carbocycles. The molecule has 0 heterocycles. The maximum Gasteiger partial charge on any atom is 0.416 e. The van der Waals surface area contributed by atoms with Gasteiger partial charge in [0.2, 0.25) is 0 Å². The van der Waals surface area contributed by atoms with Crippen LogP contribution in [0.15, 0.2) is 24.3 Å². The van der Waals surface area contributed by atoms with Crippen molar-refractivity contribution in [3.63, 3.8) is 0 Å². The summed E-state index contributed by atoms with van der Waals surface area (Å²) >= 11 is 0. The number of hydrogen-bond acceptors (Lipinski definition) is 1. The molecule has 0 unspecified atom stereocenters. The van der Waals surface area contributed by atoms with E-state index in [1.54, 1.807) is 13.8 Å². The Morgan fingerprint density at radius 3 is 2.13 bits per heavy atom. The Kier molecular flexibility index (Phi) is 2.88. The second kappa shape index (κ2) is 3.68. The van der Waals surface area contributed by atoms with E-state index in [1.165, 1.54) is 12.1 Å². The lowest BCUT2D eigenvalue weighted by molar-refractivity contribution is -0.137. The molecule has 0 radical (unpaired) electrons. The highest BCUT2D eigenvalue weighted by molar-refractivity contribution is 5.67. The molecule has 1 aromatic rings. The predicted molar refractivity (Wildman–Crippen MR) is 50.5 cm³/mol. The Morgan fingerprint density at radius 2 is 1.67 bits per heavy atom. The molecule has 1 rings (SSSR count). The van der Waals surface area contributed by atoms with Gasteiger partial charge in [-0.1, -0.05) is 18.2 Å². The summed E-state index contributed by atoms with van der Waals surface area (Å²) in [5, 5.41) is 0. The predicted octanol–water partition coefficient (Wildman–Crippen LogP) is 3.18. The van der Waals surface area contributed by atoms with Crippen LogP contribution in [0.2, 0.25) is 0 Å². The van der Waals surface area contributed by atoms with Crippen LogP contribution >= 0.6 is 0 Å². The molecule has 0 aliphatic heterocycles. The maximum atomic E-state index is 12.4. The first kappa shape index (κ1) is 11.8. The van der Waals surface area contributed by atoms with Crippen molar-refractivity contribution < 1.29 is 18.0 Å². The zero-order chi connectivity index (χ0) is 11.7. The van der Waals surface area contributed by atoms with Gasteiger partial charge in [0.1, 0.15) is 6.29 Å². The number of carbonyl (C=O) groups excluding carboxylic acids is 1. The van der Waals surface area contributed by atoms with Crippen molar-refractivity contribution in [1.82, 2.24) is 0 Å². The Balaban J connectivity index is 3.20. The van der Waals surface area contributed by atoms with E-state index in [0.29, 0.717) is 11.8 Å². The number of carbonyl (C=O) groups is 1. The molecule has 0 N–H and O–H groups in total. The van der Waals surface area contributed by atoms with E-state index in [2.05, 4.69) is 0 Å². The molecule has 0 aliphatic carbocycles. The van der Waals surface area contributed by atoms with Gasteiger partial charge in [-0.3, -0.25) is 0 Å². The van der Waals surface area contributed by atoms with Crippen LogP contribution in [0.25, 0.3) is 0 Å². The van der Waals surface area contributed by atoms with Crippen LogP contribution < -0.4 is 0 Å². The van der Waals surface area contributed by atoms with E-state index in [0.717, 1.165) is 12.1 Å². The lowest BCUT2D eigenvalue weighted by Crippen LogP contribution is -2.19. The molecule has 0 fully saturated rings. The fourth-order valence-corrected chi connectivity index (χ4v) is 1.16. The summed E-state index contributed by atoms with van der Waals surface area (Å²) in [7, 11) is 0. The molecule has 0 atom stereocenters. The second-order valence-corrected chi connectivity index (χ2v) is 3.92. The van der Waals surface area contributed by atoms with Crippen LogP contribution in [0.1, 0.15) is 25.0 Å². The highest BCUT2D eigenvalue weighted by atomic mass is 19.4. The number of hydrogen-bond donors (Lipinski definition) is 0. The molecule has 0 aliphatic rings. The van der Waals surface area contributed by atoms with Gasteiger partial charge in [-0.2, -0.15) is 13.2 Å². The quantitative estimate of drug-likeness (QED) is 0.694. The van der Waals surface area contributed by atoms with E-state index in [4.69, 9.17) is 0 Å². The number of rotatable bonds is 2. The summed E-state index contributed by atoms with van der Waals surface area (Å²) in [6.45, 7) is 3.16. The maximum absolute atomic E-state index is 12.4. The fraction of sp³-hybridized carbons (Fsp3) is 0.364. The molecule has 0 saturated heterocycles. The SMILES string of the molecule is CC(C)(C=O)c1cccc(C(F)(F)F)c1. The Bertz CT molecular complexity index is 366. The topological polar surface area (TPSA) is 17.1 Å². The molecular formula is C11H11F3O. The van der Waals surface area contributed by atoms with E-state index < -0.39 is 17.2 Å². The summed E-state index contributed by atoms with van der Waals surface area (Å²) in [5.74, 6) is 0. The molecule has 82 valence electrons. The molecule has 0 amide bonds. The van der Waals surface area contributed by atoms with Crippen LogP contribution in [0, 0.1) is 0 Å². The molecule has 0 bridgehead atoms. The molecule has 0 aromatic heterocycles. The highest BCUT2D eigenvalue weighted by Crippen LogP contribution is 2.32. The van der Waals surface area contributed by atoms with Gasteiger partial charge in [0.15, 0.2) is 0 Å². The zero-order valence-electron chi connectivity index (χ0n) is 8.43. The lowest BCUT2D eigenvalue weighted by atomic mass is 9.85. The minimum absolute atomic E-state index is 0.368.